The van der Waals surface area contributed by atoms with Crippen LogP contribution in [0.15, 0.2) is 42.5 Å². The fraction of sp³-hybridized carbons (Fsp3) is 0.391. The Morgan fingerprint density at radius 2 is 1.70 bits per heavy atom. The van der Waals surface area contributed by atoms with Gasteiger partial charge in [-0.3, -0.25) is 14.5 Å². The second-order valence-corrected chi connectivity index (χ2v) is 7.88. The lowest BCUT2D eigenvalue weighted by Crippen LogP contribution is -2.51. The number of rotatable bonds is 7. The number of carbonyl (C=O) groups is 2. The van der Waals surface area contributed by atoms with Gasteiger partial charge in [-0.1, -0.05) is 44.2 Å². The number of nitrogens with zero attached hydrogens (tertiary/aromatic N) is 1. The van der Waals surface area contributed by atoms with Crippen LogP contribution >= 0.6 is 0 Å². The van der Waals surface area contributed by atoms with E-state index in [4.69, 9.17) is 0 Å². The molecule has 0 saturated carbocycles. The summed E-state index contributed by atoms with van der Waals surface area (Å²) in [5, 5.41) is 5.31. The number of hydrogen-bond donors (Lipinski definition) is 2. The molecule has 1 atom stereocenters. The van der Waals surface area contributed by atoms with E-state index in [9.17, 15) is 18.4 Å². The van der Waals surface area contributed by atoms with Gasteiger partial charge in [-0.2, -0.15) is 0 Å². The number of fused-ring (bicyclic) bond motifs is 1. The van der Waals surface area contributed by atoms with Gasteiger partial charge in [0.2, 0.25) is 5.91 Å². The number of hydrogen-bond acceptors (Lipinski definition) is 3. The summed E-state index contributed by atoms with van der Waals surface area (Å²) in [6.07, 6.45) is 0.975. The number of nitrogens with one attached hydrogen (secondary N) is 2. The fourth-order valence-electron chi connectivity index (χ4n) is 3.66. The van der Waals surface area contributed by atoms with Crippen molar-refractivity contribution in [3.8, 4) is 0 Å². The van der Waals surface area contributed by atoms with Crippen molar-refractivity contribution >= 4 is 11.8 Å². The van der Waals surface area contributed by atoms with Crippen LogP contribution < -0.4 is 10.6 Å². The molecule has 0 bridgehead atoms. The van der Waals surface area contributed by atoms with E-state index in [1.54, 1.807) is 13.8 Å². The molecule has 2 aromatic rings. The Labute approximate surface area is 175 Å². The summed E-state index contributed by atoms with van der Waals surface area (Å²) in [7, 11) is 0. The standard InChI is InChI=1S/C23H27F2N3O2/c1-15(2)21(27-22(29)20-18(24)8-5-9-19(20)25)23(30)26-11-13-28-12-10-16-6-3-4-7-17(16)14-28/h3-9,15,21H,10-14H2,1-2H3,(H,26,30)(H,27,29)/t21-/m1/s1. The van der Waals surface area contributed by atoms with E-state index in [0.29, 0.717) is 13.1 Å². The molecule has 0 fully saturated rings. The van der Waals surface area contributed by atoms with Crippen LogP contribution in [0.4, 0.5) is 8.78 Å². The molecule has 1 aliphatic rings. The number of halogens is 2. The predicted molar refractivity (Wildman–Crippen MR) is 111 cm³/mol. The van der Waals surface area contributed by atoms with E-state index in [1.165, 1.54) is 17.2 Å². The third-order valence-corrected chi connectivity index (χ3v) is 5.36. The van der Waals surface area contributed by atoms with Crippen LogP contribution in [0, 0.1) is 17.6 Å². The fourth-order valence-corrected chi connectivity index (χ4v) is 3.66. The molecule has 3 rings (SSSR count). The molecule has 0 unspecified atom stereocenters. The molecule has 0 aromatic heterocycles. The van der Waals surface area contributed by atoms with Crippen molar-refractivity contribution in [2.75, 3.05) is 19.6 Å². The van der Waals surface area contributed by atoms with Crippen molar-refractivity contribution in [1.29, 1.82) is 0 Å². The monoisotopic (exact) mass is 415 g/mol. The van der Waals surface area contributed by atoms with Crippen LogP contribution in [0.5, 0.6) is 0 Å². The molecular formula is C23H27F2N3O2. The molecule has 0 radical (unpaired) electrons. The van der Waals surface area contributed by atoms with Gasteiger partial charge in [-0.15, -0.1) is 0 Å². The lowest BCUT2D eigenvalue weighted by molar-refractivity contribution is -0.124. The van der Waals surface area contributed by atoms with Gasteiger partial charge >= 0.3 is 0 Å². The van der Waals surface area contributed by atoms with Crippen molar-refractivity contribution in [3.63, 3.8) is 0 Å². The minimum absolute atomic E-state index is 0.245. The average molecular weight is 415 g/mol. The highest BCUT2D eigenvalue weighted by Gasteiger charge is 2.27. The van der Waals surface area contributed by atoms with Crippen molar-refractivity contribution in [1.82, 2.24) is 15.5 Å². The van der Waals surface area contributed by atoms with Gasteiger partial charge in [-0.05, 0) is 35.6 Å². The highest BCUT2D eigenvalue weighted by Crippen LogP contribution is 2.18. The van der Waals surface area contributed by atoms with Gasteiger partial charge in [0.05, 0.1) is 0 Å². The molecule has 7 heteroatoms. The lowest BCUT2D eigenvalue weighted by Gasteiger charge is -2.29. The Kier molecular flexibility index (Phi) is 7.15. The van der Waals surface area contributed by atoms with Gasteiger partial charge in [0.15, 0.2) is 0 Å². The van der Waals surface area contributed by atoms with Gasteiger partial charge < -0.3 is 10.6 Å². The van der Waals surface area contributed by atoms with Crippen LogP contribution in [0.1, 0.15) is 35.3 Å². The van der Waals surface area contributed by atoms with E-state index >= 15 is 0 Å². The molecule has 160 valence electrons. The normalized spacial score (nSPS) is 14.8. The maximum atomic E-state index is 13.9. The zero-order valence-corrected chi connectivity index (χ0v) is 17.3. The molecule has 0 spiro atoms. The topological polar surface area (TPSA) is 61.4 Å². The molecule has 1 heterocycles. The number of benzene rings is 2. The molecule has 30 heavy (non-hydrogen) atoms. The van der Waals surface area contributed by atoms with Gasteiger partial charge in [0.25, 0.3) is 5.91 Å². The number of carbonyl (C=O) groups excluding carboxylic acids is 2. The summed E-state index contributed by atoms with van der Waals surface area (Å²) in [5.74, 6) is -3.47. The highest BCUT2D eigenvalue weighted by atomic mass is 19.1. The molecule has 2 aromatic carbocycles. The van der Waals surface area contributed by atoms with Crippen LogP contribution in [-0.2, 0) is 17.8 Å². The van der Waals surface area contributed by atoms with Crippen LogP contribution in [0.25, 0.3) is 0 Å². The third-order valence-electron chi connectivity index (χ3n) is 5.36. The van der Waals surface area contributed by atoms with E-state index in [1.807, 2.05) is 12.1 Å². The summed E-state index contributed by atoms with van der Waals surface area (Å²) < 4.78 is 27.7. The zero-order valence-electron chi connectivity index (χ0n) is 17.3. The lowest BCUT2D eigenvalue weighted by atomic mass is 10.00. The van der Waals surface area contributed by atoms with Crippen molar-refractivity contribution in [2.24, 2.45) is 5.92 Å². The Morgan fingerprint density at radius 3 is 2.37 bits per heavy atom. The minimum Gasteiger partial charge on any atom is -0.353 e. The Hall–Kier alpha value is -2.80. The first-order valence-electron chi connectivity index (χ1n) is 10.2. The first-order chi connectivity index (χ1) is 14.4. The molecular weight excluding hydrogens is 388 g/mol. The van der Waals surface area contributed by atoms with Crippen molar-refractivity contribution < 1.29 is 18.4 Å². The summed E-state index contributed by atoms with van der Waals surface area (Å²) in [6.45, 7) is 6.40. The second kappa shape index (κ2) is 9.80. The minimum atomic E-state index is -0.958. The quantitative estimate of drug-likeness (QED) is 0.731. The van der Waals surface area contributed by atoms with Crippen LogP contribution in [0.2, 0.25) is 0 Å². The first kappa shape index (κ1) is 21.9. The largest absolute Gasteiger partial charge is 0.353 e. The molecule has 1 aliphatic heterocycles. The molecule has 5 nitrogen and oxygen atoms in total. The molecule has 0 saturated heterocycles. The van der Waals surface area contributed by atoms with Crippen LogP contribution in [0.3, 0.4) is 0 Å². The van der Waals surface area contributed by atoms with E-state index in [-0.39, 0.29) is 11.8 Å². The summed E-state index contributed by atoms with van der Waals surface area (Å²) in [4.78, 5) is 27.3. The third kappa shape index (κ3) is 5.21. The zero-order chi connectivity index (χ0) is 21.7. The SMILES string of the molecule is CC(C)[C@@H](NC(=O)c1c(F)cccc1F)C(=O)NCCN1CCc2ccccc2C1. The predicted octanol–water partition coefficient (Wildman–Crippen LogP) is 2.89. The summed E-state index contributed by atoms with van der Waals surface area (Å²) >= 11 is 0. The van der Waals surface area contributed by atoms with Gasteiger partial charge in [0, 0.05) is 26.2 Å². The molecule has 2 N–H and O–H groups in total. The molecule has 2 amide bonds. The highest BCUT2D eigenvalue weighted by molar-refractivity contribution is 5.98. The van der Waals surface area contributed by atoms with Gasteiger partial charge in [0.1, 0.15) is 23.2 Å². The molecule has 0 aliphatic carbocycles. The maximum Gasteiger partial charge on any atom is 0.257 e. The first-order valence-corrected chi connectivity index (χ1v) is 10.2. The summed E-state index contributed by atoms with van der Waals surface area (Å²) in [6, 6.07) is 10.7. The Balaban J connectivity index is 1.54. The van der Waals surface area contributed by atoms with Crippen molar-refractivity contribution in [3.05, 3.63) is 70.8 Å². The number of amides is 2. The van der Waals surface area contributed by atoms with E-state index < -0.39 is 29.1 Å². The Morgan fingerprint density at radius 1 is 1.03 bits per heavy atom. The summed E-state index contributed by atoms with van der Waals surface area (Å²) in [5.41, 5.74) is 1.98. The van der Waals surface area contributed by atoms with Gasteiger partial charge in [-0.25, -0.2) is 8.78 Å². The van der Waals surface area contributed by atoms with Crippen LogP contribution in [-0.4, -0.2) is 42.4 Å². The smallest absolute Gasteiger partial charge is 0.257 e. The van der Waals surface area contributed by atoms with Crippen molar-refractivity contribution in [2.45, 2.75) is 32.9 Å². The van der Waals surface area contributed by atoms with E-state index in [0.717, 1.165) is 31.6 Å². The van der Waals surface area contributed by atoms with E-state index in [2.05, 4.69) is 27.7 Å². The second-order valence-electron chi connectivity index (χ2n) is 7.88. The Bertz CT molecular complexity index is 897. The maximum absolute atomic E-state index is 13.9. The average Bonchev–Trinajstić information content (AvgIpc) is 2.71.